The largest absolute Gasteiger partial charge is 0.350 e. The highest BCUT2D eigenvalue weighted by Crippen LogP contribution is 2.09. The second kappa shape index (κ2) is 6.70. The average Bonchev–Trinajstić information content (AvgIpc) is 3.07. The molecule has 7 heteroatoms. The van der Waals surface area contributed by atoms with E-state index in [2.05, 4.69) is 15.3 Å². The minimum Gasteiger partial charge on any atom is -0.350 e. The van der Waals surface area contributed by atoms with Crippen LogP contribution in [0.2, 0.25) is 0 Å². The zero-order valence-electron chi connectivity index (χ0n) is 12.7. The van der Waals surface area contributed by atoms with Crippen molar-refractivity contribution in [3.8, 4) is 0 Å². The topological polar surface area (TPSA) is 76.9 Å². The lowest BCUT2D eigenvalue weighted by Gasteiger charge is -2.09. The molecule has 0 aliphatic rings. The molecule has 3 aromatic rings. The smallest absolute Gasteiger partial charge is 0.283 e. The Kier molecular flexibility index (Phi) is 4.47. The Labute approximate surface area is 136 Å². The number of aryl methyl sites for hydroxylation is 1. The molecule has 6 nitrogen and oxygen atoms in total. The number of nitrogens with one attached hydrogen (secondary N) is 1. The number of nitrogens with zero attached hydrogens (tertiary/aromatic N) is 3. The van der Waals surface area contributed by atoms with Crippen LogP contribution in [0.15, 0.2) is 40.6 Å². The zero-order chi connectivity index (χ0) is 16.2. The number of rotatable bonds is 5. The Morgan fingerprint density at radius 2 is 2.22 bits per heavy atom. The van der Waals surface area contributed by atoms with E-state index in [0.29, 0.717) is 24.3 Å². The fourth-order valence-electron chi connectivity index (χ4n) is 2.36. The summed E-state index contributed by atoms with van der Waals surface area (Å²) < 4.78 is 1.47. The van der Waals surface area contributed by atoms with Gasteiger partial charge in [0.1, 0.15) is 5.52 Å². The van der Waals surface area contributed by atoms with Gasteiger partial charge in [0.25, 0.3) is 11.5 Å². The van der Waals surface area contributed by atoms with Crippen LogP contribution in [0, 0.1) is 0 Å². The average molecular weight is 328 g/mol. The molecule has 0 fully saturated rings. The molecule has 0 radical (unpaired) electrons. The van der Waals surface area contributed by atoms with E-state index in [-0.39, 0.29) is 5.69 Å². The second-order valence-corrected chi connectivity index (χ2v) is 5.97. The van der Waals surface area contributed by atoms with Crippen molar-refractivity contribution in [3.63, 3.8) is 0 Å². The monoisotopic (exact) mass is 328 g/mol. The molecule has 0 spiro atoms. The van der Waals surface area contributed by atoms with Crippen LogP contribution in [0.1, 0.15) is 22.3 Å². The summed E-state index contributed by atoms with van der Waals surface area (Å²) in [5, 5.41) is 4.76. The molecule has 118 valence electrons. The van der Waals surface area contributed by atoms with E-state index in [1.54, 1.807) is 29.7 Å². The van der Waals surface area contributed by atoms with Crippen LogP contribution >= 0.6 is 11.3 Å². The Morgan fingerprint density at radius 1 is 1.35 bits per heavy atom. The molecule has 1 N–H and O–H groups in total. The number of hydrogen-bond acceptors (Lipinski definition) is 5. The first-order valence-corrected chi connectivity index (χ1v) is 8.25. The van der Waals surface area contributed by atoms with E-state index in [0.717, 1.165) is 6.42 Å². The standard InChI is InChI=1S/C16H16N4O2S/c1-2-20-14-12(6-3-8-17-14)19-13(16(20)22)15(21)18-9-7-11-5-4-10-23-11/h3-6,8,10H,2,7,9H2,1H3,(H,18,21). The summed E-state index contributed by atoms with van der Waals surface area (Å²) in [4.78, 5) is 34.3. The Hall–Kier alpha value is -2.54. The fourth-order valence-corrected chi connectivity index (χ4v) is 3.06. The second-order valence-electron chi connectivity index (χ2n) is 4.94. The van der Waals surface area contributed by atoms with Crippen molar-refractivity contribution in [1.82, 2.24) is 19.9 Å². The third-order valence-electron chi connectivity index (χ3n) is 3.47. The molecule has 0 aliphatic carbocycles. The maximum atomic E-state index is 12.4. The molecule has 0 aliphatic heterocycles. The zero-order valence-corrected chi connectivity index (χ0v) is 13.5. The molecule has 23 heavy (non-hydrogen) atoms. The summed E-state index contributed by atoms with van der Waals surface area (Å²) in [6.07, 6.45) is 2.34. The van der Waals surface area contributed by atoms with Crippen molar-refractivity contribution in [2.24, 2.45) is 0 Å². The highest BCUT2D eigenvalue weighted by atomic mass is 32.1. The van der Waals surface area contributed by atoms with Crippen LogP contribution in [0.3, 0.4) is 0 Å². The minimum absolute atomic E-state index is 0.0847. The van der Waals surface area contributed by atoms with Gasteiger partial charge in [-0.05, 0) is 36.9 Å². The lowest BCUT2D eigenvalue weighted by molar-refractivity contribution is 0.0947. The summed E-state index contributed by atoms with van der Waals surface area (Å²) in [6, 6.07) is 7.47. The van der Waals surface area contributed by atoms with E-state index >= 15 is 0 Å². The van der Waals surface area contributed by atoms with E-state index in [1.807, 2.05) is 24.4 Å². The highest BCUT2D eigenvalue weighted by molar-refractivity contribution is 7.09. The molecule has 3 heterocycles. The van der Waals surface area contributed by atoms with Gasteiger partial charge in [0.2, 0.25) is 0 Å². The van der Waals surface area contributed by atoms with Crippen molar-refractivity contribution in [2.75, 3.05) is 6.54 Å². The van der Waals surface area contributed by atoms with Crippen LogP contribution in [-0.4, -0.2) is 27.0 Å². The predicted octanol–water partition coefficient (Wildman–Crippen LogP) is 1.85. The predicted molar refractivity (Wildman–Crippen MR) is 89.8 cm³/mol. The first-order valence-electron chi connectivity index (χ1n) is 7.37. The van der Waals surface area contributed by atoms with Crippen LogP contribution in [0.25, 0.3) is 11.2 Å². The molecule has 0 saturated heterocycles. The number of hydrogen-bond donors (Lipinski definition) is 1. The first kappa shape index (κ1) is 15.4. The molecule has 0 aromatic carbocycles. The number of fused-ring (bicyclic) bond motifs is 1. The third kappa shape index (κ3) is 3.14. The minimum atomic E-state index is -0.445. The van der Waals surface area contributed by atoms with E-state index in [1.165, 1.54) is 9.44 Å². The molecule has 0 atom stereocenters. The Bertz CT molecular complexity index is 887. The highest BCUT2D eigenvalue weighted by Gasteiger charge is 2.17. The van der Waals surface area contributed by atoms with Gasteiger partial charge in [-0.1, -0.05) is 6.07 Å². The van der Waals surface area contributed by atoms with Crippen molar-refractivity contribution < 1.29 is 4.79 Å². The molecule has 1 amide bonds. The maximum Gasteiger partial charge on any atom is 0.283 e. The Morgan fingerprint density at radius 3 is 2.96 bits per heavy atom. The number of carbonyl (C=O) groups is 1. The van der Waals surface area contributed by atoms with Crippen molar-refractivity contribution >= 4 is 28.4 Å². The lowest BCUT2D eigenvalue weighted by Crippen LogP contribution is -2.35. The van der Waals surface area contributed by atoms with Crippen LogP contribution in [-0.2, 0) is 13.0 Å². The number of thiophene rings is 1. The van der Waals surface area contributed by atoms with Gasteiger partial charge in [-0.25, -0.2) is 9.97 Å². The Balaban J connectivity index is 1.85. The number of amides is 1. The maximum absolute atomic E-state index is 12.4. The summed E-state index contributed by atoms with van der Waals surface area (Å²) in [5.74, 6) is -0.445. The molecular formula is C16H16N4O2S. The molecule has 0 saturated carbocycles. The van der Waals surface area contributed by atoms with Crippen molar-refractivity contribution in [1.29, 1.82) is 0 Å². The van der Waals surface area contributed by atoms with Gasteiger partial charge in [-0.3, -0.25) is 14.2 Å². The SMILES string of the molecule is CCn1c(=O)c(C(=O)NCCc2cccs2)nc2cccnc21. The normalized spacial score (nSPS) is 10.8. The molecule has 3 rings (SSSR count). The van der Waals surface area contributed by atoms with Crippen LogP contribution in [0.4, 0.5) is 0 Å². The lowest BCUT2D eigenvalue weighted by atomic mass is 10.3. The van der Waals surface area contributed by atoms with Crippen molar-refractivity contribution in [3.05, 3.63) is 56.8 Å². The van der Waals surface area contributed by atoms with Gasteiger partial charge in [0, 0.05) is 24.2 Å². The quantitative estimate of drug-likeness (QED) is 0.775. The number of carbonyl (C=O) groups excluding carboxylic acids is 1. The molecule has 0 bridgehead atoms. The number of pyridine rings is 1. The summed E-state index contributed by atoms with van der Waals surface area (Å²) in [5.41, 5.74) is 0.540. The van der Waals surface area contributed by atoms with Gasteiger partial charge in [-0.15, -0.1) is 11.3 Å². The van der Waals surface area contributed by atoms with Gasteiger partial charge in [0.15, 0.2) is 11.3 Å². The third-order valence-corrected chi connectivity index (χ3v) is 4.41. The van der Waals surface area contributed by atoms with Crippen LogP contribution < -0.4 is 10.9 Å². The van der Waals surface area contributed by atoms with Gasteiger partial charge in [0.05, 0.1) is 0 Å². The summed E-state index contributed by atoms with van der Waals surface area (Å²) >= 11 is 1.64. The van der Waals surface area contributed by atoms with E-state index < -0.39 is 11.5 Å². The van der Waals surface area contributed by atoms with Crippen LogP contribution in [0.5, 0.6) is 0 Å². The molecular weight excluding hydrogens is 312 g/mol. The fraction of sp³-hybridized carbons (Fsp3) is 0.250. The first-order chi connectivity index (χ1) is 11.2. The summed E-state index contributed by atoms with van der Waals surface area (Å²) in [6.45, 7) is 2.75. The van der Waals surface area contributed by atoms with E-state index in [9.17, 15) is 9.59 Å². The molecule has 3 aromatic heterocycles. The molecule has 0 unspecified atom stereocenters. The van der Waals surface area contributed by atoms with Crippen molar-refractivity contribution in [2.45, 2.75) is 19.9 Å². The van der Waals surface area contributed by atoms with Gasteiger partial charge < -0.3 is 5.32 Å². The van der Waals surface area contributed by atoms with E-state index in [4.69, 9.17) is 0 Å². The summed E-state index contributed by atoms with van der Waals surface area (Å²) in [7, 11) is 0. The number of aromatic nitrogens is 3. The van der Waals surface area contributed by atoms with Gasteiger partial charge in [-0.2, -0.15) is 0 Å². The van der Waals surface area contributed by atoms with Gasteiger partial charge >= 0.3 is 0 Å².